The van der Waals surface area contributed by atoms with Crippen molar-refractivity contribution in [1.29, 1.82) is 0 Å². The fourth-order valence-corrected chi connectivity index (χ4v) is 4.66. The zero-order valence-electron chi connectivity index (χ0n) is 17.0. The molecule has 0 spiro atoms. The second-order valence-electron chi connectivity index (χ2n) is 7.71. The zero-order chi connectivity index (χ0) is 20.6. The van der Waals surface area contributed by atoms with Crippen LogP contribution in [0.4, 0.5) is 5.69 Å². The summed E-state index contributed by atoms with van der Waals surface area (Å²) in [7, 11) is 2.02. The van der Waals surface area contributed by atoms with Gasteiger partial charge in [0.05, 0.1) is 5.25 Å². The Morgan fingerprint density at radius 3 is 2.52 bits per heavy atom. The molecule has 0 fully saturated rings. The molecule has 0 saturated heterocycles. The maximum absolute atomic E-state index is 13.1. The average molecular weight is 405 g/mol. The summed E-state index contributed by atoms with van der Waals surface area (Å²) in [6.07, 6.45) is 3.47. The molecule has 2 heterocycles. The van der Waals surface area contributed by atoms with Gasteiger partial charge < -0.3 is 4.90 Å². The topological polar surface area (TPSA) is 51.0 Å². The first kappa shape index (κ1) is 19.5. The molecule has 0 unspecified atom stereocenters. The molecule has 1 atom stereocenters. The van der Waals surface area contributed by atoms with Crippen molar-refractivity contribution < 1.29 is 4.79 Å². The molecule has 1 aromatic heterocycles. The van der Waals surface area contributed by atoms with Gasteiger partial charge >= 0.3 is 0 Å². The minimum absolute atomic E-state index is 0.0698. The van der Waals surface area contributed by atoms with E-state index in [1.54, 1.807) is 12.4 Å². The van der Waals surface area contributed by atoms with Gasteiger partial charge in [0.2, 0.25) is 0 Å². The lowest BCUT2D eigenvalue weighted by Gasteiger charge is -2.24. The molecule has 0 radical (unpaired) electrons. The van der Waals surface area contributed by atoms with Gasteiger partial charge in [-0.2, -0.15) is 0 Å². The maximum atomic E-state index is 13.1. The van der Waals surface area contributed by atoms with Crippen molar-refractivity contribution in [2.45, 2.75) is 36.6 Å². The van der Waals surface area contributed by atoms with E-state index in [2.05, 4.69) is 41.1 Å². The highest BCUT2D eigenvalue weighted by molar-refractivity contribution is 8.00. The van der Waals surface area contributed by atoms with Crippen LogP contribution >= 0.6 is 11.8 Å². The number of ketones is 1. The molecule has 0 bridgehead atoms. The summed E-state index contributed by atoms with van der Waals surface area (Å²) in [5.74, 6) is 0.0698. The number of likely N-dealkylation sites (N-methyl/N-ethyl adjacent to an activating group) is 1. The number of allylic oxidation sites excluding steroid dienone is 2. The smallest absolute Gasteiger partial charge is 0.196 e. The zero-order valence-corrected chi connectivity index (χ0v) is 17.9. The van der Waals surface area contributed by atoms with Gasteiger partial charge in [0.25, 0.3) is 0 Å². The van der Waals surface area contributed by atoms with Crippen molar-refractivity contribution in [3.63, 3.8) is 0 Å². The third kappa shape index (κ3) is 3.49. The number of benzene rings is 2. The van der Waals surface area contributed by atoms with Gasteiger partial charge in [-0.15, -0.1) is 10.2 Å². The highest BCUT2D eigenvalue weighted by atomic mass is 32.2. The van der Waals surface area contributed by atoms with E-state index in [9.17, 15) is 4.79 Å². The number of aromatic nitrogens is 3. The van der Waals surface area contributed by atoms with Crippen molar-refractivity contribution in [3.8, 4) is 5.69 Å². The van der Waals surface area contributed by atoms with Crippen molar-refractivity contribution in [2.75, 3.05) is 11.9 Å². The fourth-order valence-electron chi connectivity index (χ4n) is 3.80. The van der Waals surface area contributed by atoms with E-state index in [1.807, 2.05) is 61.0 Å². The van der Waals surface area contributed by atoms with Crippen LogP contribution < -0.4 is 4.90 Å². The molecule has 148 valence electrons. The Bertz CT molecular complexity index is 1070. The van der Waals surface area contributed by atoms with Gasteiger partial charge in [-0.3, -0.25) is 9.36 Å². The third-order valence-corrected chi connectivity index (χ3v) is 6.53. The number of carbonyl (C=O) groups excluding carboxylic acids is 1. The second kappa shape index (κ2) is 7.52. The third-order valence-electron chi connectivity index (χ3n) is 5.45. The van der Waals surface area contributed by atoms with E-state index in [1.165, 1.54) is 17.3 Å². The van der Waals surface area contributed by atoms with Crippen LogP contribution in [0.15, 0.2) is 77.9 Å². The molecule has 3 aromatic rings. The summed E-state index contributed by atoms with van der Waals surface area (Å²) < 4.78 is 1.91. The number of fused-ring (bicyclic) bond motifs is 1. The Labute approximate surface area is 175 Å². The number of carbonyl (C=O) groups is 1. The minimum Gasteiger partial charge on any atom is -0.347 e. The van der Waals surface area contributed by atoms with E-state index in [0.29, 0.717) is 5.16 Å². The average Bonchev–Trinajstić information content (AvgIpc) is 3.26. The lowest BCUT2D eigenvalue weighted by molar-refractivity contribution is -0.114. The monoisotopic (exact) mass is 404 g/mol. The summed E-state index contributed by atoms with van der Waals surface area (Å²) in [5.41, 5.74) is 4.17. The number of anilines is 1. The number of rotatable bonds is 5. The summed E-state index contributed by atoms with van der Waals surface area (Å²) in [6, 6.07) is 18.2. The van der Waals surface area contributed by atoms with E-state index in [-0.39, 0.29) is 16.4 Å². The van der Waals surface area contributed by atoms with E-state index >= 15 is 0 Å². The summed E-state index contributed by atoms with van der Waals surface area (Å²) in [5, 5.41) is 8.68. The Balaban J connectivity index is 1.57. The number of hydrogen-bond donors (Lipinski definition) is 0. The maximum Gasteiger partial charge on any atom is 0.196 e. The molecule has 4 rings (SSSR count). The number of thioether (sulfide) groups is 1. The molecule has 0 saturated carbocycles. The summed E-state index contributed by atoms with van der Waals surface area (Å²) in [6.45, 7) is 6.25. The fraction of sp³-hybridized carbons (Fsp3) is 0.261. The predicted octanol–water partition coefficient (Wildman–Crippen LogP) is 4.63. The first-order valence-corrected chi connectivity index (χ1v) is 10.5. The predicted molar refractivity (Wildman–Crippen MR) is 118 cm³/mol. The minimum atomic E-state index is -0.276. The first-order chi connectivity index (χ1) is 13.9. The highest BCUT2D eigenvalue weighted by Crippen LogP contribution is 2.46. The van der Waals surface area contributed by atoms with Crippen LogP contribution in [0.3, 0.4) is 0 Å². The number of para-hydroxylation sites is 2. The molecular formula is C23H24N4OS. The Hall–Kier alpha value is -2.86. The van der Waals surface area contributed by atoms with Crippen LogP contribution in [0.25, 0.3) is 5.69 Å². The molecule has 0 aliphatic carbocycles. The Morgan fingerprint density at radius 1 is 1.10 bits per heavy atom. The first-order valence-electron chi connectivity index (χ1n) is 9.61. The normalized spacial score (nSPS) is 17.4. The Kier molecular flexibility index (Phi) is 5.04. The van der Waals surface area contributed by atoms with E-state index < -0.39 is 0 Å². The SMILES string of the molecule is C[C@@H](Sc1nncn1-c1ccccc1)C(=O)/C=C1/N(C)c2ccccc2C1(C)C. The standard InChI is InChI=1S/C23H24N4OS/c1-16(29-22-25-24-15-27(22)17-10-6-5-7-11-17)20(28)14-21-23(2,3)18-12-8-9-13-19(18)26(21)4/h5-16H,1-4H3/b21-14+/t16-/m1/s1. The van der Waals surface area contributed by atoms with Gasteiger partial charge in [-0.05, 0) is 30.7 Å². The highest BCUT2D eigenvalue weighted by Gasteiger charge is 2.38. The van der Waals surface area contributed by atoms with Crippen LogP contribution in [0.1, 0.15) is 26.3 Å². The quantitative estimate of drug-likeness (QED) is 0.458. The van der Waals surface area contributed by atoms with Gasteiger partial charge in [-0.1, -0.05) is 62.0 Å². The van der Waals surface area contributed by atoms with Crippen molar-refractivity contribution in [3.05, 3.63) is 78.3 Å². The van der Waals surface area contributed by atoms with Gasteiger partial charge in [0.1, 0.15) is 6.33 Å². The van der Waals surface area contributed by atoms with Gasteiger partial charge in [0.15, 0.2) is 10.9 Å². The second-order valence-corrected chi connectivity index (χ2v) is 9.02. The van der Waals surface area contributed by atoms with Crippen LogP contribution in [0, 0.1) is 0 Å². The molecule has 1 aliphatic heterocycles. The molecule has 1 aliphatic rings. The molecule has 6 heteroatoms. The van der Waals surface area contributed by atoms with Crippen LogP contribution in [-0.4, -0.2) is 32.8 Å². The number of nitrogens with zero attached hydrogens (tertiary/aromatic N) is 4. The molecule has 5 nitrogen and oxygen atoms in total. The Morgan fingerprint density at radius 2 is 1.79 bits per heavy atom. The van der Waals surface area contributed by atoms with Gasteiger partial charge in [0, 0.05) is 35.6 Å². The molecule has 2 aromatic carbocycles. The molecule has 29 heavy (non-hydrogen) atoms. The lowest BCUT2D eigenvalue weighted by atomic mass is 9.83. The van der Waals surface area contributed by atoms with Crippen molar-refractivity contribution >= 4 is 23.2 Å². The largest absolute Gasteiger partial charge is 0.347 e. The van der Waals surface area contributed by atoms with Crippen LogP contribution in [0.5, 0.6) is 0 Å². The van der Waals surface area contributed by atoms with Crippen LogP contribution in [0.2, 0.25) is 0 Å². The summed E-state index contributed by atoms with van der Waals surface area (Å²) in [4.78, 5) is 15.2. The van der Waals surface area contributed by atoms with Crippen LogP contribution in [-0.2, 0) is 10.2 Å². The molecule has 0 N–H and O–H groups in total. The molecule has 0 amide bonds. The van der Waals surface area contributed by atoms with E-state index in [0.717, 1.165) is 17.1 Å². The number of hydrogen-bond acceptors (Lipinski definition) is 5. The van der Waals surface area contributed by atoms with Gasteiger partial charge in [-0.25, -0.2) is 0 Å². The summed E-state index contributed by atoms with van der Waals surface area (Å²) >= 11 is 1.43. The molecular weight excluding hydrogens is 380 g/mol. The van der Waals surface area contributed by atoms with Crippen molar-refractivity contribution in [1.82, 2.24) is 14.8 Å². The van der Waals surface area contributed by atoms with E-state index in [4.69, 9.17) is 0 Å². The lowest BCUT2D eigenvalue weighted by Crippen LogP contribution is -2.25. The van der Waals surface area contributed by atoms with Crippen molar-refractivity contribution in [2.24, 2.45) is 0 Å².